The Balaban J connectivity index is 2.54. The Bertz CT molecular complexity index is 398. The Labute approximate surface area is 90.4 Å². The van der Waals surface area contributed by atoms with Crippen molar-refractivity contribution in [3.8, 4) is 0 Å². The largest absolute Gasteiger partial charge is 0.343 e. The molecule has 1 rings (SSSR count). The van der Waals surface area contributed by atoms with Crippen molar-refractivity contribution < 1.29 is 4.79 Å². The summed E-state index contributed by atoms with van der Waals surface area (Å²) in [6.07, 6.45) is 0. The standard InChI is InChI=1S/C7H13N5O2S/c1-4(5(13)9-8)3-15-7-11-10-6(14)12(7)2/h4H,3,8H2,1-2H3,(H,9,13)(H,10,14). The summed E-state index contributed by atoms with van der Waals surface area (Å²) >= 11 is 1.32. The highest BCUT2D eigenvalue weighted by Crippen LogP contribution is 2.15. The zero-order valence-corrected chi connectivity index (χ0v) is 9.30. The normalized spacial score (nSPS) is 12.5. The highest BCUT2D eigenvalue weighted by molar-refractivity contribution is 7.99. The lowest BCUT2D eigenvalue weighted by atomic mass is 10.2. The quantitative estimate of drug-likeness (QED) is 0.262. The van der Waals surface area contributed by atoms with Crippen molar-refractivity contribution in [1.29, 1.82) is 0 Å². The molecule has 4 N–H and O–H groups in total. The molecule has 84 valence electrons. The number of nitrogens with two attached hydrogens (primary N) is 1. The van der Waals surface area contributed by atoms with Gasteiger partial charge in [-0.05, 0) is 0 Å². The van der Waals surface area contributed by atoms with Crippen molar-refractivity contribution >= 4 is 17.7 Å². The minimum Gasteiger partial charge on any atom is -0.294 e. The van der Waals surface area contributed by atoms with Gasteiger partial charge in [0.2, 0.25) is 5.91 Å². The van der Waals surface area contributed by atoms with E-state index in [0.717, 1.165) is 0 Å². The highest BCUT2D eigenvalue weighted by Gasteiger charge is 2.13. The molecule has 0 fully saturated rings. The van der Waals surface area contributed by atoms with Crippen LogP contribution in [-0.4, -0.2) is 26.4 Å². The lowest BCUT2D eigenvalue weighted by Crippen LogP contribution is -2.35. The van der Waals surface area contributed by atoms with Crippen LogP contribution in [0.1, 0.15) is 6.92 Å². The number of nitrogens with zero attached hydrogens (tertiary/aromatic N) is 2. The second kappa shape index (κ2) is 4.99. The summed E-state index contributed by atoms with van der Waals surface area (Å²) in [6, 6.07) is 0. The van der Waals surface area contributed by atoms with E-state index >= 15 is 0 Å². The van der Waals surface area contributed by atoms with Crippen LogP contribution >= 0.6 is 11.8 Å². The van der Waals surface area contributed by atoms with Crippen LogP contribution in [0.2, 0.25) is 0 Å². The van der Waals surface area contributed by atoms with Crippen molar-refractivity contribution in [1.82, 2.24) is 20.2 Å². The maximum atomic E-state index is 11.1. The molecule has 0 aliphatic carbocycles. The molecule has 0 radical (unpaired) electrons. The molecule has 1 heterocycles. The fourth-order valence-electron chi connectivity index (χ4n) is 0.879. The Hall–Kier alpha value is -1.28. The van der Waals surface area contributed by atoms with Crippen molar-refractivity contribution in [2.45, 2.75) is 12.1 Å². The summed E-state index contributed by atoms with van der Waals surface area (Å²) in [5, 5.41) is 6.67. The first-order valence-corrected chi connectivity index (χ1v) is 5.29. The van der Waals surface area contributed by atoms with E-state index in [2.05, 4.69) is 15.6 Å². The number of rotatable bonds is 4. The first-order chi connectivity index (χ1) is 7.06. The zero-order chi connectivity index (χ0) is 11.4. The molecule has 1 aromatic rings. The zero-order valence-electron chi connectivity index (χ0n) is 8.48. The summed E-state index contributed by atoms with van der Waals surface area (Å²) in [4.78, 5) is 22.1. The summed E-state index contributed by atoms with van der Waals surface area (Å²) < 4.78 is 1.39. The van der Waals surface area contributed by atoms with Gasteiger partial charge in [0.25, 0.3) is 0 Å². The number of hydrogen-bond acceptors (Lipinski definition) is 5. The average molecular weight is 231 g/mol. The van der Waals surface area contributed by atoms with Crippen LogP contribution in [0.3, 0.4) is 0 Å². The molecule has 0 aliphatic heterocycles. The minimum atomic E-state index is -0.270. The Morgan fingerprint density at radius 3 is 2.93 bits per heavy atom. The van der Waals surface area contributed by atoms with Gasteiger partial charge in [0, 0.05) is 18.7 Å². The molecule has 8 heteroatoms. The fraction of sp³-hybridized carbons (Fsp3) is 0.571. The van der Waals surface area contributed by atoms with E-state index in [1.807, 2.05) is 0 Å². The average Bonchev–Trinajstić information content (AvgIpc) is 2.55. The number of aromatic nitrogens is 3. The number of hydrazine groups is 1. The third-order valence-corrected chi connectivity index (χ3v) is 3.18. The molecular weight excluding hydrogens is 218 g/mol. The molecule has 7 nitrogen and oxygen atoms in total. The van der Waals surface area contributed by atoms with Crippen LogP contribution in [0.4, 0.5) is 0 Å². The lowest BCUT2D eigenvalue weighted by molar-refractivity contribution is -0.123. The van der Waals surface area contributed by atoms with E-state index in [-0.39, 0.29) is 17.5 Å². The second-order valence-corrected chi connectivity index (χ2v) is 4.08. The van der Waals surface area contributed by atoms with Crippen LogP contribution in [0.5, 0.6) is 0 Å². The summed E-state index contributed by atoms with van der Waals surface area (Å²) in [7, 11) is 1.61. The number of H-pyrrole nitrogens is 1. The summed E-state index contributed by atoms with van der Waals surface area (Å²) in [5.74, 6) is 5.04. The molecule has 0 saturated carbocycles. The topological polar surface area (TPSA) is 106 Å². The van der Waals surface area contributed by atoms with Gasteiger partial charge in [-0.1, -0.05) is 18.7 Å². The van der Waals surface area contributed by atoms with E-state index in [9.17, 15) is 9.59 Å². The molecule has 0 saturated heterocycles. The molecular formula is C7H13N5O2S. The first-order valence-electron chi connectivity index (χ1n) is 4.31. The van der Waals surface area contributed by atoms with Gasteiger partial charge in [0.05, 0.1) is 0 Å². The number of carbonyl (C=O) groups is 1. The predicted octanol–water partition coefficient (Wildman–Crippen LogP) is -1.17. The number of amides is 1. The van der Waals surface area contributed by atoms with E-state index < -0.39 is 0 Å². The van der Waals surface area contributed by atoms with Gasteiger partial charge in [0.1, 0.15) is 0 Å². The number of hydrogen-bond donors (Lipinski definition) is 3. The summed E-state index contributed by atoms with van der Waals surface area (Å²) in [6.45, 7) is 1.75. The fourth-order valence-corrected chi connectivity index (χ4v) is 1.82. The van der Waals surface area contributed by atoms with Gasteiger partial charge in [0.15, 0.2) is 5.16 Å². The van der Waals surface area contributed by atoms with E-state index in [4.69, 9.17) is 5.84 Å². The van der Waals surface area contributed by atoms with Crippen molar-refractivity contribution in [3.63, 3.8) is 0 Å². The molecule has 15 heavy (non-hydrogen) atoms. The van der Waals surface area contributed by atoms with Gasteiger partial charge < -0.3 is 0 Å². The predicted molar refractivity (Wildman–Crippen MR) is 56.0 cm³/mol. The molecule has 0 spiro atoms. The molecule has 1 unspecified atom stereocenters. The maximum absolute atomic E-state index is 11.1. The van der Waals surface area contributed by atoms with E-state index in [1.54, 1.807) is 14.0 Å². The van der Waals surface area contributed by atoms with Gasteiger partial charge in [-0.25, -0.2) is 15.7 Å². The van der Waals surface area contributed by atoms with Gasteiger partial charge in [-0.2, -0.15) is 0 Å². The Kier molecular flexibility index (Phi) is 3.92. The number of carbonyl (C=O) groups excluding carboxylic acids is 1. The second-order valence-electron chi connectivity index (χ2n) is 3.09. The SMILES string of the molecule is CC(CSc1n[nH]c(=O)n1C)C(=O)NN. The van der Waals surface area contributed by atoms with Crippen LogP contribution in [0.15, 0.2) is 9.95 Å². The molecule has 0 aliphatic rings. The smallest absolute Gasteiger partial charge is 0.294 e. The lowest BCUT2D eigenvalue weighted by Gasteiger charge is -2.07. The number of thioether (sulfide) groups is 1. The minimum absolute atomic E-state index is 0.230. The monoisotopic (exact) mass is 231 g/mol. The number of nitrogens with one attached hydrogen (secondary N) is 2. The highest BCUT2D eigenvalue weighted by atomic mass is 32.2. The van der Waals surface area contributed by atoms with Crippen LogP contribution in [0.25, 0.3) is 0 Å². The third-order valence-electron chi connectivity index (χ3n) is 1.89. The van der Waals surface area contributed by atoms with Crippen LogP contribution in [0, 0.1) is 5.92 Å². The van der Waals surface area contributed by atoms with Crippen LogP contribution < -0.4 is 17.0 Å². The molecule has 1 aromatic heterocycles. The molecule has 1 atom stereocenters. The van der Waals surface area contributed by atoms with Crippen molar-refractivity contribution in [2.24, 2.45) is 18.8 Å². The van der Waals surface area contributed by atoms with Crippen molar-refractivity contribution in [3.05, 3.63) is 10.5 Å². The van der Waals surface area contributed by atoms with E-state index in [1.165, 1.54) is 16.3 Å². The van der Waals surface area contributed by atoms with Gasteiger partial charge in [-0.3, -0.25) is 14.8 Å². The Morgan fingerprint density at radius 1 is 1.80 bits per heavy atom. The third kappa shape index (κ3) is 2.83. The molecule has 0 bridgehead atoms. The molecule has 0 aromatic carbocycles. The van der Waals surface area contributed by atoms with Crippen LogP contribution in [-0.2, 0) is 11.8 Å². The first kappa shape index (κ1) is 11.8. The molecule has 1 amide bonds. The number of aromatic amines is 1. The van der Waals surface area contributed by atoms with E-state index in [0.29, 0.717) is 10.9 Å². The van der Waals surface area contributed by atoms with Gasteiger partial charge >= 0.3 is 5.69 Å². The van der Waals surface area contributed by atoms with Gasteiger partial charge in [-0.15, -0.1) is 5.10 Å². The Morgan fingerprint density at radius 2 is 2.47 bits per heavy atom. The van der Waals surface area contributed by atoms with Crippen molar-refractivity contribution in [2.75, 3.05) is 5.75 Å². The summed E-state index contributed by atoms with van der Waals surface area (Å²) in [5.41, 5.74) is 1.80. The maximum Gasteiger partial charge on any atom is 0.343 e.